The Morgan fingerprint density at radius 3 is 2.60 bits per heavy atom. The molecule has 234 valence electrons. The zero-order valence-electron chi connectivity index (χ0n) is 24.4. The van der Waals surface area contributed by atoms with Gasteiger partial charge in [-0.1, -0.05) is 6.92 Å². The first-order valence-electron chi connectivity index (χ1n) is 15.4. The number of aliphatic hydroxyl groups is 4. The molecular weight excluding hydrogens is 546 g/mol. The molecule has 5 fully saturated rings. The number of urea groups is 1. The van der Waals surface area contributed by atoms with Gasteiger partial charge in [-0.15, -0.1) is 0 Å². The first-order chi connectivity index (χ1) is 19.8. The maximum absolute atomic E-state index is 12.5. The molecule has 0 bridgehead atoms. The normalized spacial score (nSPS) is 50.4. The number of fused-ring (bicyclic) bond motifs is 5. The second kappa shape index (κ2) is 10.5. The van der Waals surface area contributed by atoms with E-state index in [9.17, 15) is 30.0 Å². The van der Waals surface area contributed by atoms with Crippen LogP contribution < -0.4 is 11.2 Å². The van der Waals surface area contributed by atoms with E-state index in [1.165, 1.54) is 0 Å². The zero-order valence-corrected chi connectivity index (χ0v) is 24.4. The third-order valence-electron chi connectivity index (χ3n) is 12.1. The minimum absolute atomic E-state index is 0.0488. The Morgan fingerprint density at radius 1 is 1.14 bits per heavy atom. The van der Waals surface area contributed by atoms with Gasteiger partial charge in [0, 0.05) is 36.0 Å². The van der Waals surface area contributed by atoms with Crippen LogP contribution in [0.4, 0.5) is 4.79 Å². The molecule has 2 amide bonds. The molecule has 0 aromatic rings. The van der Waals surface area contributed by atoms with Gasteiger partial charge in [0.2, 0.25) is 0 Å². The molecule has 0 aromatic carbocycles. The number of rotatable bonds is 5. The van der Waals surface area contributed by atoms with Crippen LogP contribution in [0.15, 0.2) is 16.8 Å². The van der Waals surface area contributed by atoms with E-state index in [2.05, 4.69) is 17.5 Å². The van der Waals surface area contributed by atoms with Gasteiger partial charge in [-0.05, 0) is 81.6 Å². The van der Waals surface area contributed by atoms with Gasteiger partial charge in [0.25, 0.3) is 0 Å². The number of primary amides is 1. The van der Waals surface area contributed by atoms with Crippen LogP contribution in [0.25, 0.3) is 0 Å². The average molecular weight is 592 g/mol. The maximum Gasteiger partial charge on any atom is 0.332 e. The third kappa shape index (κ3) is 4.52. The summed E-state index contributed by atoms with van der Waals surface area (Å²) in [5.74, 6) is -0.495. The summed E-state index contributed by atoms with van der Waals surface area (Å²) in [5.41, 5.74) is 5.09. The topological polar surface area (TPSA) is 193 Å². The van der Waals surface area contributed by atoms with Crippen molar-refractivity contribution in [2.24, 2.45) is 39.4 Å². The van der Waals surface area contributed by atoms with E-state index < -0.39 is 52.7 Å². The molecule has 2 aliphatic heterocycles. The minimum Gasteiger partial charge on any atom is -0.458 e. The van der Waals surface area contributed by atoms with Crippen molar-refractivity contribution in [3.8, 4) is 0 Å². The summed E-state index contributed by atoms with van der Waals surface area (Å²) in [6.07, 6.45) is 5.06. The fourth-order valence-electron chi connectivity index (χ4n) is 10.00. The Labute approximate surface area is 245 Å². The van der Waals surface area contributed by atoms with Gasteiger partial charge < -0.3 is 40.4 Å². The predicted molar refractivity (Wildman–Crippen MR) is 149 cm³/mol. The lowest BCUT2D eigenvalue weighted by Gasteiger charge is -2.66. The van der Waals surface area contributed by atoms with Crippen LogP contribution in [-0.4, -0.2) is 87.2 Å². The van der Waals surface area contributed by atoms with Crippen molar-refractivity contribution in [1.29, 1.82) is 0 Å². The van der Waals surface area contributed by atoms with Crippen LogP contribution in [0.1, 0.15) is 78.1 Å². The molecule has 12 nitrogen and oxygen atoms in total. The Kier molecular flexibility index (Phi) is 7.50. The number of nitrogens with one attached hydrogen (secondary N) is 1. The lowest BCUT2D eigenvalue weighted by Crippen LogP contribution is -2.69. The van der Waals surface area contributed by atoms with Crippen molar-refractivity contribution in [2.75, 3.05) is 6.61 Å². The molecule has 6 rings (SSSR count). The van der Waals surface area contributed by atoms with Gasteiger partial charge in [-0.25, -0.2) is 15.0 Å². The number of aliphatic hydroxyl groups excluding tert-OH is 2. The summed E-state index contributed by atoms with van der Waals surface area (Å²) in [6.45, 7) is 4.11. The van der Waals surface area contributed by atoms with E-state index in [1.54, 1.807) is 19.2 Å². The summed E-state index contributed by atoms with van der Waals surface area (Å²) in [6, 6.07) is -0.796. The molecule has 12 heteroatoms. The number of ether oxygens (including phenoxy) is 3. The number of amides is 2. The van der Waals surface area contributed by atoms with Crippen LogP contribution in [0, 0.1) is 28.6 Å². The molecule has 0 spiro atoms. The molecule has 2 heterocycles. The number of hydrogen-bond acceptors (Lipinski definition) is 10. The van der Waals surface area contributed by atoms with Crippen molar-refractivity contribution in [3.63, 3.8) is 0 Å². The van der Waals surface area contributed by atoms with Crippen molar-refractivity contribution in [3.05, 3.63) is 11.6 Å². The molecule has 0 unspecified atom stereocenters. The molecule has 0 aromatic heterocycles. The number of carbonyl (C=O) groups is 2. The first-order valence-corrected chi connectivity index (χ1v) is 15.4. The van der Waals surface area contributed by atoms with E-state index in [0.29, 0.717) is 44.9 Å². The molecule has 0 radical (unpaired) electrons. The van der Waals surface area contributed by atoms with Crippen molar-refractivity contribution in [2.45, 2.75) is 120 Å². The van der Waals surface area contributed by atoms with Crippen LogP contribution >= 0.6 is 0 Å². The van der Waals surface area contributed by atoms with Crippen molar-refractivity contribution < 1.29 is 44.2 Å². The largest absolute Gasteiger partial charge is 0.458 e. The molecule has 7 N–H and O–H groups in total. The predicted octanol–water partition coefficient (Wildman–Crippen LogP) is 1.23. The van der Waals surface area contributed by atoms with Gasteiger partial charge in [-0.3, -0.25) is 0 Å². The minimum atomic E-state index is -1.23. The van der Waals surface area contributed by atoms with Gasteiger partial charge in [-0.2, -0.15) is 5.10 Å². The van der Waals surface area contributed by atoms with E-state index in [4.69, 9.17) is 19.9 Å². The van der Waals surface area contributed by atoms with Gasteiger partial charge >= 0.3 is 12.0 Å². The third-order valence-corrected chi connectivity index (χ3v) is 12.1. The molecule has 6 aliphatic rings. The van der Waals surface area contributed by atoms with Gasteiger partial charge in [0.15, 0.2) is 6.29 Å². The van der Waals surface area contributed by atoms with Crippen LogP contribution in [-0.2, 0) is 19.0 Å². The maximum atomic E-state index is 12.5. The number of hydrogen-bond donors (Lipinski definition) is 6. The van der Waals surface area contributed by atoms with Crippen LogP contribution in [0.2, 0.25) is 0 Å². The summed E-state index contributed by atoms with van der Waals surface area (Å²) < 4.78 is 17.3. The van der Waals surface area contributed by atoms with E-state index >= 15 is 0 Å². The summed E-state index contributed by atoms with van der Waals surface area (Å²) in [5, 5.41) is 49.5. The SMILES string of the molecule is C[C@@H]1O[C@H](O[C@H]2CC[C@]3(/C=N\NC(N)=O)[C@H]4CC[C@]5(C)[C@@H](C6=CC(=O)OC6)CC[C@]5(O)[C@@H]4CC[C@]3(O)C2)C[C@@H](O)[C@@H]1O. The summed E-state index contributed by atoms with van der Waals surface area (Å²) in [7, 11) is 0. The Morgan fingerprint density at radius 2 is 1.90 bits per heavy atom. The lowest BCUT2D eigenvalue weighted by atomic mass is 9.41. The van der Waals surface area contributed by atoms with Crippen molar-refractivity contribution >= 4 is 18.2 Å². The number of hydrazone groups is 1. The zero-order chi connectivity index (χ0) is 30.1. The monoisotopic (exact) mass is 591 g/mol. The summed E-state index contributed by atoms with van der Waals surface area (Å²) >= 11 is 0. The van der Waals surface area contributed by atoms with Crippen molar-refractivity contribution in [1.82, 2.24) is 5.43 Å². The lowest BCUT2D eigenvalue weighted by molar-refractivity contribution is -0.282. The van der Waals surface area contributed by atoms with Crippen LogP contribution in [0.3, 0.4) is 0 Å². The average Bonchev–Trinajstić information content (AvgIpc) is 3.46. The van der Waals surface area contributed by atoms with Crippen LogP contribution in [0.5, 0.6) is 0 Å². The van der Waals surface area contributed by atoms with Gasteiger partial charge in [0.1, 0.15) is 12.7 Å². The van der Waals surface area contributed by atoms with E-state index in [1.807, 2.05) is 0 Å². The number of cyclic esters (lactones) is 1. The molecular formula is C30H45N3O9. The van der Waals surface area contributed by atoms with E-state index in [-0.39, 0.29) is 42.9 Å². The molecule has 1 saturated heterocycles. The smallest absolute Gasteiger partial charge is 0.332 e. The quantitative estimate of drug-likeness (QED) is 0.118. The highest BCUT2D eigenvalue weighted by molar-refractivity contribution is 5.85. The number of nitrogens with two attached hydrogens (primary N) is 1. The highest BCUT2D eigenvalue weighted by Crippen LogP contribution is 2.70. The number of nitrogens with zero attached hydrogens (tertiary/aromatic N) is 1. The molecule has 42 heavy (non-hydrogen) atoms. The highest BCUT2D eigenvalue weighted by Gasteiger charge is 2.71. The number of carbonyl (C=O) groups excluding carboxylic acids is 2. The second-order valence-corrected chi connectivity index (χ2v) is 13.9. The molecule has 12 atom stereocenters. The fourth-order valence-corrected chi connectivity index (χ4v) is 10.00. The first kappa shape index (κ1) is 30.0. The fraction of sp³-hybridized carbons (Fsp3) is 0.833. The number of esters is 1. The molecule has 4 saturated carbocycles. The Bertz CT molecular complexity index is 1150. The van der Waals surface area contributed by atoms with E-state index in [0.717, 1.165) is 18.4 Å². The summed E-state index contributed by atoms with van der Waals surface area (Å²) in [4.78, 5) is 23.4. The standard InChI is InChI=1S/C30H45N3O9/c1-16-25(36)22(34)12-24(41-16)42-18-3-8-28(15-32-33-26(31)37)20-4-7-27(2)19(17-11-23(35)40-14-17)6-10-30(27,39)21(20)5-9-29(28,38)13-18/h11,15-16,18-22,24-25,34,36,38-39H,3-10,12-14H2,1-2H3,(H3,31,33,37)/b32-15-/t16-,18-,19+,20-,21+,22+,24+,25+,27+,28-,29-,30-/m0/s1. The Balaban J connectivity index is 1.27. The Hall–Kier alpha value is -2.09. The second-order valence-electron chi connectivity index (χ2n) is 13.9. The highest BCUT2D eigenvalue weighted by atomic mass is 16.7. The van der Waals surface area contributed by atoms with Gasteiger partial charge in [0.05, 0.1) is 29.5 Å². The molecule has 4 aliphatic carbocycles.